The lowest BCUT2D eigenvalue weighted by molar-refractivity contribution is 0.0744. The Hall–Kier alpha value is -3.67. The first-order valence-corrected chi connectivity index (χ1v) is 12.1. The molecule has 0 radical (unpaired) electrons. The lowest BCUT2D eigenvalue weighted by Gasteiger charge is -2.15. The molecule has 5 rings (SSSR count). The molecule has 1 aliphatic heterocycles. The SMILES string of the molecule is COc1cnc(Cl)cc1-c1cc(C)ncc1C(=O)Nc1nc2c(s1)CN(C(=O)c1ncncc1Cl)C2. The molecule has 36 heavy (non-hydrogen) atoms. The number of hydrogen-bond donors (Lipinski definition) is 1. The zero-order chi connectivity index (χ0) is 25.4. The van der Waals surface area contributed by atoms with Crippen molar-refractivity contribution in [3.8, 4) is 16.9 Å². The molecule has 0 saturated carbocycles. The number of rotatable bonds is 5. The largest absolute Gasteiger partial charge is 0.494 e. The maximum absolute atomic E-state index is 13.3. The van der Waals surface area contributed by atoms with Gasteiger partial charge in [0.15, 0.2) is 5.13 Å². The highest BCUT2D eigenvalue weighted by molar-refractivity contribution is 7.16. The van der Waals surface area contributed by atoms with Crippen LogP contribution in [0.3, 0.4) is 0 Å². The van der Waals surface area contributed by atoms with Crippen LogP contribution in [-0.2, 0) is 13.1 Å². The number of nitrogens with one attached hydrogen (secondary N) is 1. The number of hydrogen-bond acceptors (Lipinski definition) is 9. The van der Waals surface area contributed by atoms with Gasteiger partial charge in [0, 0.05) is 29.2 Å². The number of aryl methyl sites for hydroxylation is 1. The van der Waals surface area contributed by atoms with Crippen molar-refractivity contribution in [3.63, 3.8) is 0 Å². The van der Waals surface area contributed by atoms with Crippen LogP contribution >= 0.6 is 34.5 Å². The molecule has 2 amide bonds. The lowest BCUT2D eigenvalue weighted by atomic mass is 10.0. The van der Waals surface area contributed by atoms with Crippen molar-refractivity contribution in [3.05, 3.63) is 74.7 Å². The van der Waals surface area contributed by atoms with E-state index in [1.54, 1.807) is 17.0 Å². The van der Waals surface area contributed by atoms with Crippen LogP contribution in [0.5, 0.6) is 5.75 Å². The minimum Gasteiger partial charge on any atom is -0.494 e. The average molecular weight is 542 g/mol. The molecular formula is C23H17Cl2N7O3S. The van der Waals surface area contributed by atoms with Gasteiger partial charge in [-0.3, -0.25) is 19.9 Å². The summed E-state index contributed by atoms with van der Waals surface area (Å²) in [6, 6.07) is 3.42. The second-order valence-electron chi connectivity index (χ2n) is 7.80. The van der Waals surface area contributed by atoms with Crippen LogP contribution in [0.1, 0.15) is 37.1 Å². The monoisotopic (exact) mass is 541 g/mol. The Morgan fingerprint density at radius 1 is 1.08 bits per heavy atom. The summed E-state index contributed by atoms with van der Waals surface area (Å²) in [5.74, 6) is -0.222. The molecule has 10 nitrogen and oxygen atoms in total. The molecule has 5 heterocycles. The number of thiazole rings is 1. The summed E-state index contributed by atoms with van der Waals surface area (Å²) in [7, 11) is 1.52. The normalized spacial score (nSPS) is 12.4. The molecule has 182 valence electrons. The Balaban J connectivity index is 1.37. The summed E-state index contributed by atoms with van der Waals surface area (Å²) in [6.07, 6.45) is 5.66. The number of anilines is 1. The highest BCUT2D eigenvalue weighted by Gasteiger charge is 2.30. The molecular weight excluding hydrogens is 525 g/mol. The van der Waals surface area contributed by atoms with Crippen molar-refractivity contribution in [2.24, 2.45) is 0 Å². The second kappa shape index (κ2) is 9.76. The molecule has 0 saturated heterocycles. The van der Waals surface area contributed by atoms with Crippen molar-refractivity contribution >= 4 is 51.5 Å². The molecule has 4 aromatic heterocycles. The molecule has 0 atom stereocenters. The van der Waals surface area contributed by atoms with E-state index in [2.05, 4.69) is 30.2 Å². The van der Waals surface area contributed by atoms with Crippen molar-refractivity contribution in [2.45, 2.75) is 20.0 Å². The van der Waals surface area contributed by atoms with Gasteiger partial charge in [-0.15, -0.1) is 0 Å². The van der Waals surface area contributed by atoms with Gasteiger partial charge in [0.2, 0.25) is 0 Å². The molecule has 0 aromatic carbocycles. The van der Waals surface area contributed by atoms with E-state index in [0.29, 0.717) is 39.8 Å². The number of amides is 2. The number of carbonyl (C=O) groups excluding carboxylic acids is 2. The fourth-order valence-corrected chi connectivity index (χ4v) is 5.10. The second-order valence-corrected chi connectivity index (χ2v) is 9.68. The third-order valence-electron chi connectivity index (χ3n) is 5.46. The van der Waals surface area contributed by atoms with Gasteiger partial charge >= 0.3 is 0 Å². The Morgan fingerprint density at radius 2 is 1.92 bits per heavy atom. The van der Waals surface area contributed by atoms with Gasteiger partial charge < -0.3 is 9.64 Å². The topological polar surface area (TPSA) is 123 Å². The number of fused-ring (bicyclic) bond motifs is 1. The van der Waals surface area contributed by atoms with Crippen LogP contribution < -0.4 is 10.1 Å². The highest BCUT2D eigenvalue weighted by atomic mass is 35.5. The van der Waals surface area contributed by atoms with E-state index >= 15 is 0 Å². The Kier molecular flexibility index (Phi) is 6.52. The predicted octanol–water partition coefficient (Wildman–Crippen LogP) is 4.42. The van der Waals surface area contributed by atoms with Gasteiger partial charge in [-0.05, 0) is 19.1 Å². The highest BCUT2D eigenvalue weighted by Crippen LogP contribution is 2.35. The third-order valence-corrected chi connectivity index (χ3v) is 6.94. The van der Waals surface area contributed by atoms with Crippen LogP contribution in [-0.4, -0.2) is 48.7 Å². The number of aromatic nitrogens is 5. The van der Waals surface area contributed by atoms with Crippen LogP contribution in [0.25, 0.3) is 11.1 Å². The van der Waals surface area contributed by atoms with E-state index in [4.69, 9.17) is 27.9 Å². The first-order chi connectivity index (χ1) is 17.3. The van der Waals surface area contributed by atoms with E-state index in [1.807, 2.05) is 6.92 Å². The Morgan fingerprint density at radius 3 is 2.67 bits per heavy atom. The molecule has 0 spiro atoms. The number of carbonyl (C=O) groups is 2. The number of nitrogens with zero attached hydrogens (tertiary/aromatic N) is 6. The molecule has 4 aromatic rings. The zero-order valence-corrected chi connectivity index (χ0v) is 21.3. The van der Waals surface area contributed by atoms with Crippen molar-refractivity contribution in [1.82, 2.24) is 29.8 Å². The molecule has 13 heteroatoms. The van der Waals surface area contributed by atoms with Gasteiger partial charge in [-0.2, -0.15) is 0 Å². The Labute approximate surface area is 219 Å². The minimum atomic E-state index is -0.388. The third kappa shape index (κ3) is 4.60. The maximum Gasteiger partial charge on any atom is 0.274 e. The molecule has 1 aliphatic rings. The first kappa shape index (κ1) is 24.0. The minimum absolute atomic E-state index is 0.140. The van der Waals surface area contributed by atoms with E-state index in [1.165, 1.54) is 43.4 Å². The molecule has 1 N–H and O–H groups in total. The number of halogens is 2. The fraction of sp³-hybridized carbons (Fsp3) is 0.174. The van der Waals surface area contributed by atoms with E-state index in [-0.39, 0.29) is 34.2 Å². The lowest BCUT2D eigenvalue weighted by Crippen LogP contribution is -2.26. The van der Waals surface area contributed by atoms with Gasteiger partial charge in [-0.1, -0.05) is 34.5 Å². The quantitative estimate of drug-likeness (QED) is 0.368. The summed E-state index contributed by atoms with van der Waals surface area (Å²) < 4.78 is 5.43. The Bertz CT molecular complexity index is 1490. The van der Waals surface area contributed by atoms with Crippen LogP contribution in [0.15, 0.2) is 37.1 Å². The number of methoxy groups -OCH3 is 1. The number of pyridine rings is 2. The van der Waals surface area contributed by atoms with Crippen LogP contribution in [0.4, 0.5) is 5.13 Å². The standard InChI is InChI=1S/C23H17Cl2N7O3S/c1-11-3-12(13-4-19(25)28-7-17(13)35-2)14(5-27-11)21(33)31-23-30-16-8-32(9-18(16)36-23)22(34)20-15(24)6-26-10-29-20/h3-7,10H,8-9H2,1-2H3,(H,30,31,33). The molecule has 0 aliphatic carbocycles. The number of ether oxygens (including phenoxy) is 1. The fourth-order valence-electron chi connectivity index (χ4n) is 3.78. The molecule has 0 fully saturated rings. The summed E-state index contributed by atoms with van der Waals surface area (Å²) in [5.41, 5.74) is 3.11. The van der Waals surface area contributed by atoms with Gasteiger partial charge in [0.1, 0.15) is 22.9 Å². The van der Waals surface area contributed by atoms with Gasteiger partial charge in [-0.25, -0.2) is 19.9 Å². The average Bonchev–Trinajstić information content (AvgIpc) is 3.42. The van der Waals surface area contributed by atoms with Crippen molar-refractivity contribution < 1.29 is 14.3 Å². The van der Waals surface area contributed by atoms with Crippen molar-refractivity contribution in [1.29, 1.82) is 0 Å². The van der Waals surface area contributed by atoms with Crippen LogP contribution in [0, 0.1) is 6.92 Å². The summed E-state index contributed by atoms with van der Waals surface area (Å²) in [6.45, 7) is 2.45. The smallest absolute Gasteiger partial charge is 0.274 e. The summed E-state index contributed by atoms with van der Waals surface area (Å²) in [4.78, 5) is 49.2. The van der Waals surface area contributed by atoms with E-state index < -0.39 is 0 Å². The maximum atomic E-state index is 13.3. The predicted molar refractivity (Wildman–Crippen MR) is 134 cm³/mol. The first-order valence-electron chi connectivity index (χ1n) is 10.5. The molecule has 0 unspecified atom stereocenters. The molecule has 0 bridgehead atoms. The van der Waals surface area contributed by atoms with Gasteiger partial charge in [0.25, 0.3) is 11.8 Å². The van der Waals surface area contributed by atoms with Crippen molar-refractivity contribution in [2.75, 3.05) is 12.4 Å². The van der Waals surface area contributed by atoms with Crippen LogP contribution in [0.2, 0.25) is 10.2 Å². The summed E-state index contributed by atoms with van der Waals surface area (Å²) in [5, 5.41) is 3.72. The van der Waals surface area contributed by atoms with E-state index in [0.717, 1.165) is 10.6 Å². The van der Waals surface area contributed by atoms with Gasteiger partial charge in [0.05, 0.1) is 47.6 Å². The van der Waals surface area contributed by atoms with E-state index in [9.17, 15) is 9.59 Å². The summed E-state index contributed by atoms with van der Waals surface area (Å²) >= 11 is 13.5. The zero-order valence-electron chi connectivity index (χ0n) is 19.0.